The molecule has 0 aliphatic carbocycles. The Labute approximate surface area is 116 Å². The summed E-state index contributed by atoms with van der Waals surface area (Å²) < 4.78 is 7.16. The van der Waals surface area contributed by atoms with Gasteiger partial charge in [-0.25, -0.2) is 4.68 Å². The van der Waals surface area contributed by atoms with Crippen molar-refractivity contribution < 1.29 is 4.74 Å². The molecule has 0 saturated carbocycles. The summed E-state index contributed by atoms with van der Waals surface area (Å²) in [4.78, 5) is 0. The Balaban J connectivity index is 1.86. The number of fused-ring (bicyclic) bond motifs is 3. The average Bonchev–Trinajstić information content (AvgIpc) is 3.06. The molecule has 4 heteroatoms. The van der Waals surface area contributed by atoms with Gasteiger partial charge in [0.2, 0.25) is 0 Å². The molecule has 4 nitrogen and oxygen atoms in total. The van der Waals surface area contributed by atoms with Gasteiger partial charge < -0.3 is 4.74 Å². The van der Waals surface area contributed by atoms with Gasteiger partial charge in [-0.15, -0.1) is 5.10 Å². The highest BCUT2D eigenvalue weighted by Gasteiger charge is 2.24. The maximum atomic E-state index is 5.19. The van der Waals surface area contributed by atoms with Crippen molar-refractivity contribution in [1.82, 2.24) is 15.0 Å². The lowest BCUT2D eigenvalue weighted by Gasteiger charge is -2.03. The van der Waals surface area contributed by atoms with Crippen LogP contribution in [0.1, 0.15) is 5.56 Å². The molecule has 1 aliphatic rings. The summed E-state index contributed by atoms with van der Waals surface area (Å²) >= 11 is 0. The van der Waals surface area contributed by atoms with Gasteiger partial charge in [-0.05, 0) is 29.8 Å². The first kappa shape index (κ1) is 11.2. The quantitative estimate of drug-likeness (QED) is 0.558. The first-order valence-corrected chi connectivity index (χ1v) is 6.53. The second kappa shape index (κ2) is 4.20. The molecule has 0 atom stereocenters. The van der Waals surface area contributed by atoms with E-state index in [1.165, 1.54) is 11.1 Å². The molecular formula is C16H13N3O. The fourth-order valence-corrected chi connectivity index (χ4v) is 2.68. The second-order valence-electron chi connectivity index (χ2n) is 4.83. The first-order valence-electron chi connectivity index (χ1n) is 6.53. The number of hydrogen-bond donors (Lipinski definition) is 0. The number of methoxy groups -OCH3 is 1. The van der Waals surface area contributed by atoms with Crippen LogP contribution in [-0.4, -0.2) is 22.1 Å². The van der Waals surface area contributed by atoms with Crippen molar-refractivity contribution in [2.24, 2.45) is 0 Å². The van der Waals surface area contributed by atoms with Crippen molar-refractivity contribution in [3.05, 3.63) is 54.1 Å². The van der Waals surface area contributed by atoms with Crippen LogP contribution in [0, 0.1) is 0 Å². The van der Waals surface area contributed by atoms with Crippen LogP contribution in [-0.2, 0) is 6.54 Å². The van der Waals surface area contributed by atoms with Crippen molar-refractivity contribution in [3.63, 3.8) is 0 Å². The minimum atomic E-state index is 0.800. The van der Waals surface area contributed by atoms with Crippen molar-refractivity contribution in [2.45, 2.75) is 6.54 Å². The van der Waals surface area contributed by atoms with Gasteiger partial charge in [0.15, 0.2) is 0 Å². The highest BCUT2D eigenvalue weighted by molar-refractivity contribution is 5.81. The SMILES string of the molecule is COc1ccc(-c2nnn3c2-c2ccccc2C3)cc1. The number of aromatic nitrogens is 3. The standard InChI is InChI=1S/C16H13N3O/c1-20-13-8-6-11(7-9-13)15-16-14-5-3-2-4-12(14)10-19(16)18-17-15/h2-9H,10H2,1H3. The fourth-order valence-electron chi connectivity index (χ4n) is 2.68. The van der Waals surface area contributed by atoms with E-state index in [1.807, 2.05) is 28.9 Å². The van der Waals surface area contributed by atoms with Gasteiger partial charge in [0.05, 0.1) is 19.3 Å². The normalized spacial score (nSPS) is 12.1. The van der Waals surface area contributed by atoms with Crippen LogP contribution in [0.2, 0.25) is 0 Å². The molecule has 0 spiro atoms. The topological polar surface area (TPSA) is 39.9 Å². The Morgan fingerprint density at radius 3 is 2.65 bits per heavy atom. The molecule has 0 amide bonds. The third-order valence-electron chi connectivity index (χ3n) is 3.69. The van der Waals surface area contributed by atoms with Crippen LogP contribution < -0.4 is 4.74 Å². The van der Waals surface area contributed by atoms with E-state index in [9.17, 15) is 0 Å². The maximum Gasteiger partial charge on any atom is 0.121 e. The smallest absolute Gasteiger partial charge is 0.121 e. The summed E-state index contributed by atoms with van der Waals surface area (Å²) in [5.74, 6) is 0.845. The van der Waals surface area contributed by atoms with Crippen molar-refractivity contribution in [3.8, 4) is 28.3 Å². The molecule has 0 N–H and O–H groups in total. The van der Waals surface area contributed by atoms with E-state index >= 15 is 0 Å². The zero-order valence-corrected chi connectivity index (χ0v) is 11.1. The molecule has 1 aromatic heterocycles. The van der Waals surface area contributed by atoms with Crippen molar-refractivity contribution in [2.75, 3.05) is 7.11 Å². The zero-order chi connectivity index (χ0) is 13.5. The lowest BCUT2D eigenvalue weighted by Crippen LogP contribution is -1.94. The van der Waals surface area contributed by atoms with E-state index in [1.54, 1.807) is 7.11 Å². The Kier molecular flexibility index (Phi) is 2.36. The number of nitrogens with zero attached hydrogens (tertiary/aromatic N) is 3. The summed E-state index contributed by atoms with van der Waals surface area (Å²) in [6.45, 7) is 0.800. The summed E-state index contributed by atoms with van der Waals surface area (Å²) in [7, 11) is 1.67. The molecule has 2 aromatic carbocycles. The number of rotatable bonds is 2. The van der Waals surface area contributed by atoms with E-state index in [0.29, 0.717) is 0 Å². The fraction of sp³-hybridized carbons (Fsp3) is 0.125. The third kappa shape index (κ3) is 1.54. The number of ether oxygens (including phenoxy) is 1. The highest BCUT2D eigenvalue weighted by atomic mass is 16.5. The van der Waals surface area contributed by atoms with E-state index in [2.05, 4.69) is 34.6 Å². The monoisotopic (exact) mass is 263 g/mol. The van der Waals surface area contributed by atoms with Gasteiger partial charge in [0.1, 0.15) is 11.4 Å². The lowest BCUT2D eigenvalue weighted by molar-refractivity contribution is 0.415. The average molecular weight is 263 g/mol. The second-order valence-corrected chi connectivity index (χ2v) is 4.83. The Morgan fingerprint density at radius 2 is 1.85 bits per heavy atom. The summed E-state index contributed by atoms with van der Waals surface area (Å²) in [5.41, 5.74) is 5.61. The van der Waals surface area contributed by atoms with Gasteiger partial charge in [-0.1, -0.05) is 29.5 Å². The van der Waals surface area contributed by atoms with Crippen molar-refractivity contribution >= 4 is 0 Å². The van der Waals surface area contributed by atoms with Gasteiger partial charge >= 0.3 is 0 Å². The van der Waals surface area contributed by atoms with Gasteiger partial charge in [0.25, 0.3) is 0 Å². The van der Waals surface area contributed by atoms with Gasteiger partial charge in [-0.3, -0.25) is 0 Å². The Morgan fingerprint density at radius 1 is 1.05 bits per heavy atom. The lowest BCUT2D eigenvalue weighted by atomic mass is 10.0. The summed E-state index contributed by atoms with van der Waals surface area (Å²) in [5, 5.41) is 8.60. The summed E-state index contributed by atoms with van der Waals surface area (Å²) in [6, 6.07) is 16.3. The van der Waals surface area contributed by atoms with Crippen LogP contribution in [0.15, 0.2) is 48.5 Å². The van der Waals surface area contributed by atoms with E-state index in [-0.39, 0.29) is 0 Å². The van der Waals surface area contributed by atoms with Crippen LogP contribution in [0.3, 0.4) is 0 Å². The molecule has 4 rings (SSSR count). The van der Waals surface area contributed by atoms with Crippen LogP contribution in [0.5, 0.6) is 5.75 Å². The molecule has 0 radical (unpaired) electrons. The van der Waals surface area contributed by atoms with E-state index in [4.69, 9.17) is 4.74 Å². The predicted molar refractivity (Wildman–Crippen MR) is 76.5 cm³/mol. The van der Waals surface area contributed by atoms with Crippen molar-refractivity contribution in [1.29, 1.82) is 0 Å². The van der Waals surface area contributed by atoms with Gasteiger partial charge in [-0.2, -0.15) is 0 Å². The predicted octanol–water partition coefficient (Wildman–Crippen LogP) is 2.98. The molecule has 20 heavy (non-hydrogen) atoms. The molecule has 98 valence electrons. The van der Waals surface area contributed by atoms with E-state index in [0.717, 1.165) is 29.2 Å². The molecule has 0 fully saturated rings. The maximum absolute atomic E-state index is 5.19. The molecular weight excluding hydrogens is 250 g/mol. The molecule has 0 bridgehead atoms. The minimum absolute atomic E-state index is 0.800. The summed E-state index contributed by atoms with van der Waals surface area (Å²) in [6.07, 6.45) is 0. The number of hydrogen-bond acceptors (Lipinski definition) is 3. The van der Waals surface area contributed by atoms with Crippen LogP contribution >= 0.6 is 0 Å². The molecule has 0 saturated heterocycles. The molecule has 3 aromatic rings. The minimum Gasteiger partial charge on any atom is -0.497 e. The molecule has 0 unspecified atom stereocenters. The van der Waals surface area contributed by atoms with Crippen LogP contribution in [0.25, 0.3) is 22.5 Å². The Bertz CT molecular complexity index is 775. The van der Waals surface area contributed by atoms with Crippen LogP contribution in [0.4, 0.5) is 0 Å². The molecule has 1 aliphatic heterocycles. The first-order chi connectivity index (χ1) is 9.86. The Hall–Kier alpha value is -2.62. The van der Waals surface area contributed by atoms with E-state index < -0.39 is 0 Å². The third-order valence-corrected chi connectivity index (χ3v) is 3.69. The number of benzene rings is 2. The molecule has 2 heterocycles. The highest BCUT2D eigenvalue weighted by Crippen LogP contribution is 2.37. The zero-order valence-electron chi connectivity index (χ0n) is 11.1. The van der Waals surface area contributed by atoms with Gasteiger partial charge in [0, 0.05) is 11.1 Å². The largest absolute Gasteiger partial charge is 0.497 e.